The Labute approximate surface area is 258 Å². The molecule has 0 spiro atoms. The number of aliphatic carboxylic acids is 1. The number of likely N-dealkylation sites (tertiary alicyclic amines) is 1. The monoisotopic (exact) mass is 652 g/mol. The Morgan fingerprint density at radius 2 is 1.84 bits per heavy atom. The van der Waals surface area contributed by atoms with Crippen LogP contribution in [0.15, 0.2) is 18.2 Å². The van der Waals surface area contributed by atoms with Crippen LogP contribution in [0.3, 0.4) is 0 Å². The first-order valence-corrected chi connectivity index (χ1v) is 14.2. The van der Waals surface area contributed by atoms with E-state index in [0.717, 1.165) is 17.0 Å². The van der Waals surface area contributed by atoms with Crippen molar-refractivity contribution in [2.24, 2.45) is 5.92 Å². The highest BCUT2D eigenvalue weighted by Crippen LogP contribution is 2.41. The summed E-state index contributed by atoms with van der Waals surface area (Å²) >= 11 is 5.62. The van der Waals surface area contributed by atoms with Gasteiger partial charge in [-0.2, -0.15) is 18.4 Å². The van der Waals surface area contributed by atoms with Gasteiger partial charge in [0.1, 0.15) is 5.54 Å². The Morgan fingerprint density at radius 1 is 1.19 bits per heavy atom. The third-order valence-corrected chi connectivity index (χ3v) is 8.81. The number of carboxylic acids is 1. The molecule has 4 rings (SSSR count). The van der Waals surface area contributed by atoms with E-state index in [0.29, 0.717) is 32.2 Å². The third-order valence-electron chi connectivity index (χ3n) is 8.43. The average Bonchev–Trinajstić information content (AvgIpc) is 3.07. The number of benzene rings is 1. The second-order valence-electron chi connectivity index (χ2n) is 11.6. The molecular formula is C28H34ClF5N4O4S. The van der Waals surface area contributed by atoms with Crippen LogP contribution in [0.1, 0.15) is 63.5 Å². The van der Waals surface area contributed by atoms with Crippen molar-refractivity contribution < 1.29 is 41.4 Å². The fraction of sp³-hybridized carbons (Fsp3) is 0.643. The number of alkyl halides is 5. The Morgan fingerprint density at radius 3 is 2.40 bits per heavy atom. The third kappa shape index (κ3) is 7.38. The number of piperidine rings is 1. The lowest BCUT2D eigenvalue weighted by atomic mass is 9.88. The molecule has 1 N–H and O–H groups in total. The molecule has 1 saturated carbocycles. The van der Waals surface area contributed by atoms with Crippen LogP contribution >= 0.6 is 24.6 Å². The summed E-state index contributed by atoms with van der Waals surface area (Å²) in [6.07, 6.45) is -2.25. The number of ether oxygens (including phenoxy) is 1. The number of nitriles is 1. The van der Waals surface area contributed by atoms with Gasteiger partial charge in [0.2, 0.25) is 0 Å². The molecule has 238 valence electrons. The van der Waals surface area contributed by atoms with E-state index in [1.807, 2.05) is 0 Å². The maximum atomic E-state index is 14.6. The summed E-state index contributed by atoms with van der Waals surface area (Å²) in [7, 11) is 0. The molecule has 1 atom stereocenters. The lowest BCUT2D eigenvalue weighted by Crippen LogP contribution is -2.51. The molecule has 0 bridgehead atoms. The van der Waals surface area contributed by atoms with E-state index < -0.39 is 59.6 Å². The van der Waals surface area contributed by atoms with Gasteiger partial charge in [-0.1, -0.05) is 0 Å². The standard InChI is InChI=1S/C28H33F5N4O4S.ClH/c1-26(2)24(40)36(20-4-3-17(14-34)22(13-20)28(31,32)33)25(42)37(26)19-5-7-21(8-6-19)41-12-10-18-9-11-35(15-23(38)39)16-27(18,29)30;/h3-4,13,18-19,21H,5-12,15-16H2,1-2H3,(H,38,39);1H/t18?,19-,21-;. The van der Waals surface area contributed by atoms with Crippen molar-refractivity contribution in [1.29, 1.82) is 5.26 Å². The minimum absolute atomic E-state index is 0. The number of amides is 1. The van der Waals surface area contributed by atoms with Crippen molar-refractivity contribution >= 4 is 47.3 Å². The van der Waals surface area contributed by atoms with E-state index in [4.69, 9.17) is 27.3 Å². The molecule has 0 radical (unpaired) electrons. The van der Waals surface area contributed by atoms with Gasteiger partial charge in [0.05, 0.1) is 42.1 Å². The van der Waals surface area contributed by atoms with Crippen molar-refractivity contribution in [3.8, 4) is 6.07 Å². The molecule has 3 fully saturated rings. The summed E-state index contributed by atoms with van der Waals surface area (Å²) in [5.74, 6) is -5.50. The molecule has 1 aromatic rings. The quantitative estimate of drug-likeness (QED) is 0.292. The minimum atomic E-state index is -4.79. The van der Waals surface area contributed by atoms with Crippen molar-refractivity contribution in [3.05, 3.63) is 29.3 Å². The molecule has 2 heterocycles. The van der Waals surface area contributed by atoms with E-state index in [2.05, 4.69) is 0 Å². The van der Waals surface area contributed by atoms with Crippen LogP contribution in [0.5, 0.6) is 0 Å². The number of nitrogens with zero attached hydrogens (tertiary/aromatic N) is 4. The molecule has 1 amide bonds. The molecule has 43 heavy (non-hydrogen) atoms. The van der Waals surface area contributed by atoms with Gasteiger partial charge in [-0.3, -0.25) is 19.4 Å². The zero-order valence-corrected chi connectivity index (χ0v) is 25.3. The van der Waals surface area contributed by atoms with Crippen LogP contribution in [0, 0.1) is 17.2 Å². The number of hydrogen-bond acceptors (Lipinski definition) is 6. The SMILES string of the molecule is CC1(C)C(=O)N(c2ccc(C#N)c(C(F)(F)F)c2)C(=S)N1[C@H]1CC[C@H](OCCC2CCN(CC(=O)O)CC2(F)F)CC1.Cl. The molecule has 0 aromatic heterocycles. The Hall–Kier alpha value is -2.60. The molecule has 2 saturated heterocycles. The highest BCUT2D eigenvalue weighted by molar-refractivity contribution is 7.80. The van der Waals surface area contributed by atoms with Crippen molar-refractivity contribution in [2.75, 3.05) is 31.1 Å². The molecule has 3 aliphatic rings. The molecule has 8 nitrogen and oxygen atoms in total. The van der Waals surface area contributed by atoms with E-state index >= 15 is 0 Å². The van der Waals surface area contributed by atoms with Crippen LogP contribution in [-0.4, -0.2) is 81.7 Å². The molecule has 1 aromatic carbocycles. The topological polar surface area (TPSA) is 97.1 Å². The number of rotatable bonds is 8. The zero-order chi connectivity index (χ0) is 31.0. The number of thiocarbonyl (C=S) groups is 1. The number of halogens is 6. The summed E-state index contributed by atoms with van der Waals surface area (Å²) in [5.41, 5.74) is -2.88. The minimum Gasteiger partial charge on any atom is -0.480 e. The van der Waals surface area contributed by atoms with Gasteiger partial charge in [0.25, 0.3) is 11.8 Å². The highest BCUT2D eigenvalue weighted by atomic mass is 35.5. The second-order valence-corrected chi connectivity index (χ2v) is 12.0. The van der Waals surface area contributed by atoms with E-state index in [1.165, 1.54) is 17.0 Å². The largest absolute Gasteiger partial charge is 0.480 e. The van der Waals surface area contributed by atoms with Crippen LogP contribution in [0.25, 0.3) is 0 Å². The van der Waals surface area contributed by atoms with Crippen LogP contribution in [-0.2, 0) is 20.5 Å². The summed E-state index contributed by atoms with van der Waals surface area (Å²) in [6, 6.07) is 4.43. The lowest BCUT2D eigenvalue weighted by Gasteiger charge is -2.41. The first-order valence-electron chi connectivity index (χ1n) is 13.8. The van der Waals surface area contributed by atoms with Crippen LogP contribution < -0.4 is 4.90 Å². The molecule has 15 heteroatoms. The fourth-order valence-electron chi connectivity index (χ4n) is 6.24. The van der Waals surface area contributed by atoms with Gasteiger partial charge in [0, 0.05) is 18.6 Å². The summed E-state index contributed by atoms with van der Waals surface area (Å²) in [4.78, 5) is 28.4. The van der Waals surface area contributed by atoms with E-state index in [1.54, 1.807) is 18.7 Å². The predicted octanol–water partition coefficient (Wildman–Crippen LogP) is 5.47. The lowest BCUT2D eigenvalue weighted by molar-refractivity contribution is -0.146. The van der Waals surface area contributed by atoms with Crippen LogP contribution in [0.4, 0.5) is 27.6 Å². The second kappa shape index (κ2) is 13.2. The number of carbonyl (C=O) groups is 2. The number of carbonyl (C=O) groups excluding carboxylic acids is 1. The smallest absolute Gasteiger partial charge is 0.417 e. The van der Waals surface area contributed by atoms with Crippen molar-refractivity contribution in [3.63, 3.8) is 0 Å². The summed E-state index contributed by atoms with van der Waals surface area (Å²) in [6.45, 7) is 2.77. The Bertz CT molecular complexity index is 1270. The zero-order valence-electron chi connectivity index (χ0n) is 23.7. The Balaban J connectivity index is 0.00000506. The molecule has 2 aliphatic heterocycles. The van der Waals surface area contributed by atoms with Gasteiger partial charge in [0.15, 0.2) is 5.11 Å². The predicted molar refractivity (Wildman–Crippen MR) is 153 cm³/mol. The summed E-state index contributed by atoms with van der Waals surface area (Å²) < 4.78 is 75.8. The molecule has 1 aliphatic carbocycles. The van der Waals surface area contributed by atoms with E-state index in [-0.39, 0.29) is 54.8 Å². The number of anilines is 1. The Kier molecular flexibility index (Phi) is 10.7. The molecule has 1 unspecified atom stereocenters. The fourth-order valence-corrected chi connectivity index (χ4v) is 6.80. The van der Waals surface area contributed by atoms with Crippen LogP contribution in [0.2, 0.25) is 0 Å². The average molecular weight is 653 g/mol. The maximum absolute atomic E-state index is 14.6. The van der Waals surface area contributed by atoms with Gasteiger partial charge >= 0.3 is 12.1 Å². The van der Waals surface area contributed by atoms with Gasteiger partial charge in [-0.05, 0) is 89.3 Å². The van der Waals surface area contributed by atoms with Gasteiger partial charge < -0.3 is 14.7 Å². The first-order chi connectivity index (χ1) is 19.6. The van der Waals surface area contributed by atoms with Gasteiger partial charge in [-0.25, -0.2) is 8.78 Å². The maximum Gasteiger partial charge on any atom is 0.417 e. The number of carboxylic acid groups (broad SMARTS) is 1. The van der Waals surface area contributed by atoms with E-state index in [9.17, 15) is 31.5 Å². The van der Waals surface area contributed by atoms with Crippen molar-refractivity contribution in [1.82, 2.24) is 9.80 Å². The van der Waals surface area contributed by atoms with Gasteiger partial charge in [-0.15, -0.1) is 12.4 Å². The normalized spacial score (nSPS) is 25.8. The molecular weight excluding hydrogens is 619 g/mol. The summed E-state index contributed by atoms with van der Waals surface area (Å²) in [5, 5.41) is 18.1. The number of hydrogen-bond donors (Lipinski definition) is 1. The first kappa shape index (κ1) is 34.9. The van der Waals surface area contributed by atoms with Crippen molar-refractivity contribution in [2.45, 2.75) is 82.2 Å². The highest BCUT2D eigenvalue weighted by Gasteiger charge is 2.53.